The number of fused-ring (bicyclic) bond motifs is 1. The van der Waals surface area contributed by atoms with Crippen LogP contribution in [0.4, 0.5) is 10.6 Å². The van der Waals surface area contributed by atoms with E-state index in [1.54, 1.807) is 27.9 Å². The standard InChI is InChI=1S/C25H38N6O5S2/c1-25(2,13-27-24(33)35-17-8-6-4-3-5-7-9-17)38-37-16-34-19-12-20(36-18(19)10-11-32)31-15-30-21-22(26)28-14-29-23(21)31/h3-4,14-15,17-20,32H,5-13,16H2,1-2H3,(H,27,33)(H2,26,28,29)/b4-3+/t17?,18?,19-,20-/m1/s1. The summed E-state index contributed by atoms with van der Waals surface area (Å²) in [6, 6.07) is 0. The smallest absolute Gasteiger partial charge is 0.407 e. The molecule has 3 heterocycles. The fourth-order valence-electron chi connectivity index (χ4n) is 4.56. The van der Waals surface area contributed by atoms with E-state index in [0.29, 0.717) is 42.3 Å². The van der Waals surface area contributed by atoms with Gasteiger partial charge in [0.15, 0.2) is 11.5 Å². The maximum atomic E-state index is 12.3. The average Bonchev–Trinajstić information content (AvgIpc) is 3.47. The van der Waals surface area contributed by atoms with E-state index < -0.39 is 0 Å². The number of amides is 1. The van der Waals surface area contributed by atoms with E-state index in [-0.39, 0.29) is 42.0 Å². The van der Waals surface area contributed by atoms with Crippen molar-refractivity contribution in [2.45, 2.75) is 88.1 Å². The molecule has 0 aromatic carbocycles. The number of nitrogen functional groups attached to an aromatic ring is 1. The number of allylic oxidation sites excluding steroid dienone is 2. The molecule has 1 amide bonds. The number of hydrogen-bond donors (Lipinski definition) is 3. The van der Waals surface area contributed by atoms with Crippen LogP contribution in [-0.4, -0.2) is 72.9 Å². The summed E-state index contributed by atoms with van der Waals surface area (Å²) >= 11 is 0. The van der Waals surface area contributed by atoms with Crippen molar-refractivity contribution in [3.8, 4) is 0 Å². The molecule has 1 saturated heterocycles. The molecule has 1 aliphatic carbocycles. The Labute approximate surface area is 231 Å². The highest BCUT2D eigenvalue weighted by molar-refractivity contribution is 8.77. The van der Waals surface area contributed by atoms with Gasteiger partial charge in [-0.15, -0.1) is 0 Å². The van der Waals surface area contributed by atoms with Crippen LogP contribution in [-0.2, 0) is 14.2 Å². The van der Waals surface area contributed by atoms with Crippen LogP contribution < -0.4 is 11.1 Å². The maximum absolute atomic E-state index is 12.3. The second-order valence-corrected chi connectivity index (χ2v) is 13.1. The minimum Gasteiger partial charge on any atom is -0.446 e. The summed E-state index contributed by atoms with van der Waals surface area (Å²) in [4.78, 5) is 25.0. The molecule has 0 bridgehead atoms. The molecule has 2 aliphatic rings. The zero-order valence-corrected chi connectivity index (χ0v) is 23.6. The summed E-state index contributed by atoms with van der Waals surface area (Å²) in [5, 5.41) is 12.5. The molecule has 2 unspecified atom stereocenters. The normalized spacial score (nSPS) is 25.1. The van der Waals surface area contributed by atoms with Crippen LogP contribution in [0.2, 0.25) is 0 Å². The number of nitrogens with one attached hydrogen (secondary N) is 1. The van der Waals surface area contributed by atoms with Gasteiger partial charge in [0.2, 0.25) is 0 Å². The first-order valence-electron chi connectivity index (χ1n) is 13.1. The van der Waals surface area contributed by atoms with Gasteiger partial charge in [0.1, 0.15) is 30.1 Å². The molecule has 0 saturated carbocycles. The second-order valence-electron chi connectivity index (χ2n) is 10.1. The van der Waals surface area contributed by atoms with Gasteiger partial charge >= 0.3 is 6.09 Å². The van der Waals surface area contributed by atoms with Crippen molar-refractivity contribution in [2.75, 3.05) is 24.8 Å². The van der Waals surface area contributed by atoms with Crippen molar-refractivity contribution in [2.24, 2.45) is 0 Å². The Kier molecular flexibility index (Phi) is 10.5. The van der Waals surface area contributed by atoms with E-state index in [0.717, 1.165) is 32.1 Å². The van der Waals surface area contributed by atoms with Crippen molar-refractivity contribution in [1.82, 2.24) is 24.8 Å². The molecule has 4 atom stereocenters. The molecule has 1 aliphatic heterocycles. The average molecular weight is 567 g/mol. The molecule has 210 valence electrons. The van der Waals surface area contributed by atoms with Crippen LogP contribution in [0.25, 0.3) is 11.2 Å². The lowest BCUT2D eigenvalue weighted by Crippen LogP contribution is -2.37. The van der Waals surface area contributed by atoms with Crippen molar-refractivity contribution >= 4 is 44.7 Å². The minimum atomic E-state index is -0.352. The Morgan fingerprint density at radius 1 is 1.29 bits per heavy atom. The number of alkyl carbamates (subject to hydrolysis) is 1. The Bertz CT molecular complexity index is 1080. The van der Waals surface area contributed by atoms with Gasteiger partial charge in [-0.1, -0.05) is 33.7 Å². The number of rotatable bonds is 11. The fraction of sp³-hybridized carbons (Fsp3) is 0.680. The molecular formula is C25H38N6O5S2. The zero-order chi connectivity index (χ0) is 27.0. The largest absolute Gasteiger partial charge is 0.446 e. The van der Waals surface area contributed by atoms with E-state index in [2.05, 4.69) is 46.3 Å². The first-order chi connectivity index (χ1) is 18.4. The van der Waals surface area contributed by atoms with Crippen molar-refractivity contribution in [1.29, 1.82) is 0 Å². The quantitative estimate of drug-likeness (QED) is 0.156. The van der Waals surface area contributed by atoms with E-state index in [4.69, 9.17) is 19.9 Å². The lowest BCUT2D eigenvalue weighted by Gasteiger charge is -2.25. The van der Waals surface area contributed by atoms with Gasteiger partial charge < -0.3 is 30.4 Å². The van der Waals surface area contributed by atoms with Crippen LogP contribution in [0.5, 0.6) is 0 Å². The van der Waals surface area contributed by atoms with Crippen LogP contribution in [0.1, 0.15) is 65.0 Å². The maximum Gasteiger partial charge on any atom is 0.407 e. The highest BCUT2D eigenvalue weighted by Crippen LogP contribution is 2.38. The number of imidazole rings is 1. The zero-order valence-electron chi connectivity index (χ0n) is 22.0. The number of nitrogens with zero attached hydrogens (tertiary/aromatic N) is 4. The monoisotopic (exact) mass is 566 g/mol. The fourth-order valence-corrected chi connectivity index (χ4v) is 6.74. The van der Waals surface area contributed by atoms with E-state index in [9.17, 15) is 9.90 Å². The SMILES string of the molecule is CC(C)(CNC(=O)OC1CC/C=C/CCC1)SSCO[C@@H]1C[C@H](n2cnc3c(N)ncnc32)OC1CCO. The highest BCUT2D eigenvalue weighted by atomic mass is 33.1. The third-order valence-electron chi connectivity index (χ3n) is 6.56. The van der Waals surface area contributed by atoms with Crippen molar-refractivity contribution < 1.29 is 24.1 Å². The minimum absolute atomic E-state index is 0.00525. The summed E-state index contributed by atoms with van der Waals surface area (Å²) in [7, 11) is 3.23. The lowest BCUT2D eigenvalue weighted by molar-refractivity contribution is -0.0383. The molecule has 11 nitrogen and oxygen atoms in total. The summed E-state index contributed by atoms with van der Waals surface area (Å²) < 4.78 is 19.6. The van der Waals surface area contributed by atoms with Gasteiger partial charge in [-0.25, -0.2) is 19.7 Å². The highest BCUT2D eigenvalue weighted by Gasteiger charge is 2.37. The predicted molar refractivity (Wildman–Crippen MR) is 149 cm³/mol. The molecule has 13 heteroatoms. The summed E-state index contributed by atoms with van der Waals surface area (Å²) in [6.45, 7) is 4.64. The molecule has 4 rings (SSSR count). The molecule has 2 aromatic rings. The van der Waals surface area contributed by atoms with Crippen LogP contribution in [0.15, 0.2) is 24.8 Å². The van der Waals surface area contributed by atoms with Gasteiger partial charge in [-0.05, 0) is 52.4 Å². The number of aromatic nitrogens is 4. The lowest BCUT2D eigenvalue weighted by atomic mass is 10.0. The summed E-state index contributed by atoms with van der Waals surface area (Å²) in [5.41, 5.74) is 7.06. The van der Waals surface area contributed by atoms with Crippen molar-refractivity contribution in [3.63, 3.8) is 0 Å². The topological polar surface area (TPSA) is 147 Å². The van der Waals surface area contributed by atoms with Crippen LogP contribution in [0.3, 0.4) is 0 Å². The Morgan fingerprint density at radius 3 is 2.97 bits per heavy atom. The van der Waals surface area contributed by atoms with E-state index >= 15 is 0 Å². The van der Waals surface area contributed by atoms with Crippen molar-refractivity contribution in [3.05, 3.63) is 24.8 Å². The molecule has 0 radical (unpaired) electrons. The Hall–Kier alpha value is -2.06. The number of hydrogen-bond acceptors (Lipinski definition) is 11. The predicted octanol–water partition coefficient (Wildman–Crippen LogP) is 4.20. The number of carbonyl (C=O) groups excluding carboxylic acids is 1. The Morgan fingerprint density at radius 2 is 2.13 bits per heavy atom. The molecule has 2 aromatic heterocycles. The molecule has 1 fully saturated rings. The first-order valence-corrected chi connectivity index (χ1v) is 15.4. The third-order valence-corrected chi connectivity index (χ3v) is 9.50. The molecule has 0 spiro atoms. The van der Waals surface area contributed by atoms with Crippen LogP contribution >= 0.6 is 21.6 Å². The van der Waals surface area contributed by atoms with Gasteiger partial charge in [0, 0.05) is 24.3 Å². The third kappa shape index (κ3) is 7.98. The van der Waals surface area contributed by atoms with Gasteiger partial charge in [0.25, 0.3) is 0 Å². The molecule has 38 heavy (non-hydrogen) atoms. The second kappa shape index (κ2) is 13.8. The van der Waals surface area contributed by atoms with Crippen LogP contribution in [0, 0.1) is 0 Å². The number of aliphatic hydroxyl groups excluding tert-OH is 1. The number of anilines is 1. The summed E-state index contributed by atoms with van der Waals surface area (Å²) in [6.07, 6.45) is 12.2. The number of carbonyl (C=O) groups is 1. The molecular weight excluding hydrogens is 528 g/mol. The summed E-state index contributed by atoms with van der Waals surface area (Å²) in [5.74, 6) is 0.763. The number of aliphatic hydroxyl groups is 1. The Balaban J connectivity index is 1.21. The van der Waals surface area contributed by atoms with E-state index in [1.165, 1.54) is 6.33 Å². The van der Waals surface area contributed by atoms with E-state index in [1.807, 2.05) is 4.57 Å². The number of ether oxygens (including phenoxy) is 3. The van der Waals surface area contributed by atoms with Gasteiger partial charge in [-0.2, -0.15) is 0 Å². The van der Waals surface area contributed by atoms with Gasteiger partial charge in [0.05, 0.1) is 18.5 Å². The number of nitrogens with two attached hydrogens (primary N) is 1. The molecule has 4 N–H and O–H groups in total. The van der Waals surface area contributed by atoms with Gasteiger partial charge in [-0.3, -0.25) is 4.57 Å². The first kappa shape index (κ1) is 28.9.